The highest BCUT2D eigenvalue weighted by Crippen LogP contribution is 2.21. The zero-order chi connectivity index (χ0) is 13.7. The molecular formula is C13H13Cl2NO2. The van der Waals surface area contributed by atoms with Crippen molar-refractivity contribution in [3.8, 4) is 5.75 Å². The SMILES string of the molecule is C/C=C(\C=C(/C)Cl)NC(=O)c1cc(Cl)ccc1O. The topological polar surface area (TPSA) is 49.3 Å². The van der Waals surface area contributed by atoms with Crippen LogP contribution in [-0.4, -0.2) is 11.0 Å². The molecule has 0 bridgehead atoms. The Morgan fingerprint density at radius 1 is 1.44 bits per heavy atom. The molecule has 0 atom stereocenters. The monoisotopic (exact) mass is 285 g/mol. The second kappa shape index (κ2) is 6.47. The minimum atomic E-state index is -0.447. The fourth-order valence-electron chi connectivity index (χ4n) is 1.29. The van der Waals surface area contributed by atoms with Crippen molar-refractivity contribution in [1.82, 2.24) is 5.32 Å². The van der Waals surface area contributed by atoms with Gasteiger partial charge in [0.25, 0.3) is 5.91 Å². The van der Waals surface area contributed by atoms with Crippen molar-refractivity contribution in [3.05, 3.63) is 51.7 Å². The number of aromatic hydroxyl groups is 1. The number of benzene rings is 1. The lowest BCUT2D eigenvalue weighted by Crippen LogP contribution is -2.22. The van der Waals surface area contributed by atoms with E-state index in [2.05, 4.69) is 5.32 Å². The molecule has 0 heterocycles. The highest BCUT2D eigenvalue weighted by molar-refractivity contribution is 6.31. The second-order valence-electron chi connectivity index (χ2n) is 3.59. The number of hydrogen-bond donors (Lipinski definition) is 2. The van der Waals surface area contributed by atoms with Gasteiger partial charge in [0.05, 0.1) is 5.56 Å². The Kier molecular flexibility index (Phi) is 5.25. The molecule has 5 heteroatoms. The average molecular weight is 286 g/mol. The Hall–Kier alpha value is -1.45. The third-order valence-corrected chi connectivity index (χ3v) is 2.47. The maximum Gasteiger partial charge on any atom is 0.259 e. The minimum absolute atomic E-state index is 0.113. The molecule has 0 fully saturated rings. The van der Waals surface area contributed by atoms with Gasteiger partial charge in [0.2, 0.25) is 0 Å². The summed E-state index contributed by atoms with van der Waals surface area (Å²) in [6.45, 7) is 3.47. The van der Waals surface area contributed by atoms with Crippen LogP contribution in [0.2, 0.25) is 5.02 Å². The molecule has 96 valence electrons. The van der Waals surface area contributed by atoms with Crippen LogP contribution in [0.3, 0.4) is 0 Å². The summed E-state index contributed by atoms with van der Waals surface area (Å²) in [5.74, 6) is -0.573. The van der Waals surface area contributed by atoms with Gasteiger partial charge in [0.15, 0.2) is 0 Å². The first-order chi connectivity index (χ1) is 8.43. The van der Waals surface area contributed by atoms with Gasteiger partial charge >= 0.3 is 0 Å². The van der Waals surface area contributed by atoms with E-state index in [1.165, 1.54) is 18.2 Å². The summed E-state index contributed by atoms with van der Waals surface area (Å²) in [6, 6.07) is 4.28. The second-order valence-corrected chi connectivity index (χ2v) is 4.62. The lowest BCUT2D eigenvalue weighted by molar-refractivity contribution is 0.0964. The van der Waals surface area contributed by atoms with Crippen molar-refractivity contribution >= 4 is 29.1 Å². The maximum absolute atomic E-state index is 11.9. The van der Waals surface area contributed by atoms with Crippen LogP contribution >= 0.6 is 23.2 Å². The van der Waals surface area contributed by atoms with Crippen LogP contribution < -0.4 is 5.32 Å². The molecule has 2 N–H and O–H groups in total. The smallest absolute Gasteiger partial charge is 0.259 e. The number of rotatable bonds is 3. The summed E-state index contributed by atoms with van der Waals surface area (Å²) in [5.41, 5.74) is 0.661. The van der Waals surface area contributed by atoms with Gasteiger partial charge in [-0.15, -0.1) is 0 Å². The molecule has 0 spiro atoms. The van der Waals surface area contributed by atoms with Gasteiger partial charge in [-0.3, -0.25) is 4.79 Å². The number of allylic oxidation sites excluding steroid dienone is 3. The van der Waals surface area contributed by atoms with Crippen LogP contribution in [0, 0.1) is 0 Å². The van der Waals surface area contributed by atoms with Crippen LogP contribution in [0.15, 0.2) is 41.1 Å². The van der Waals surface area contributed by atoms with E-state index < -0.39 is 5.91 Å². The molecule has 0 aliphatic heterocycles. The highest BCUT2D eigenvalue weighted by Gasteiger charge is 2.12. The van der Waals surface area contributed by atoms with Crippen LogP contribution in [0.25, 0.3) is 0 Å². The molecule has 1 rings (SSSR count). The van der Waals surface area contributed by atoms with E-state index >= 15 is 0 Å². The molecule has 1 aromatic carbocycles. The van der Waals surface area contributed by atoms with Crippen molar-refractivity contribution in [2.75, 3.05) is 0 Å². The molecule has 0 saturated heterocycles. The van der Waals surface area contributed by atoms with E-state index in [0.717, 1.165) is 0 Å². The first-order valence-electron chi connectivity index (χ1n) is 5.24. The van der Waals surface area contributed by atoms with Crippen LogP contribution in [0.4, 0.5) is 0 Å². The Bertz CT molecular complexity index is 518. The van der Waals surface area contributed by atoms with E-state index in [-0.39, 0.29) is 11.3 Å². The van der Waals surface area contributed by atoms with Gasteiger partial charge in [0, 0.05) is 15.8 Å². The number of hydrogen-bond acceptors (Lipinski definition) is 2. The predicted molar refractivity (Wildman–Crippen MR) is 74.0 cm³/mol. The molecule has 0 saturated carbocycles. The molecule has 0 radical (unpaired) electrons. The number of phenolic OH excluding ortho intramolecular Hbond substituents is 1. The highest BCUT2D eigenvalue weighted by atomic mass is 35.5. The zero-order valence-electron chi connectivity index (χ0n) is 10.00. The normalized spacial score (nSPS) is 12.4. The van der Waals surface area contributed by atoms with E-state index in [1.807, 2.05) is 0 Å². The molecule has 1 amide bonds. The Morgan fingerprint density at radius 3 is 2.67 bits per heavy atom. The summed E-state index contributed by atoms with van der Waals surface area (Å²) in [6.07, 6.45) is 3.31. The fourth-order valence-corrected chi connectivity index (χ4v) is 1.58. The lowest BCUT2D eigenvalue weighted by Gasteiger charge is -2.08. The van der Waals surface area contributed by atoms with Gasteiger partial charge in [0.1, 0.15) is 5.75 Å². The average Bonchev–Trinajstić information content (AvgIpc) is 2.30. The number of carbonyl (C=O) groups excluding carboxylic acids is 1. The van der Waals surface area contributed by atoms with Crippen molar-refractivity contribution < 1.29 is 9.90 Å². The van der Waals surface area contributed by atoms with Crippen LogP contribution in [-0.2, 0) is 0 Å². The Morgan fingerprint density at radius 2 is 2.11 bits per heavy atom. The number of amides is 1. The van der Waals surface area contributed by atoms with Gasteiger partial charge < -0.3 is 10.4 Å². The first-order valence-corrected chi connectivity index (χ1v) is 5.99. The summed E-state index contributed by atoms with van der Waals surface area (Å²) >= 11 is 11.5. The van der Waals surface area contributed by atoms with Gasteiger partial charge in [-0.05, 0) is 38.1 Å². The van der Waals surface area contributed by atoms with Crippen molar-refractivity contribution in [2.24, 2.45) is 0 Å². The lowest BCUT2D eigenvalue weighted by atomic mass is 10.2. The number of carbonyl (C=O) groups is 1. The van der Waals surface area contributed by atoms with Crippen LogP contribution in [0.5, 0.6) is 5.75 Å². The summed E-state index contributed by atoms with van der Waals surface area (Å²) in [5, 5.41) is 13.1. The molecule has 1 aromatic rings. The van der Waals surface area contributed by atoms with Crippen molar-refractivity contribution in [2.45, 2.75) is 13.8 Å². The van der Waals surface area contributed by atoms with E-state index in [0.29, 0.717) is 15.8 Å². The zero-order valence-corrected chi connectivity index (χ0v) is 11.5. The van der Waals surface area contributed by atoms with E-state index in [4.69, 9.17) is 23.2 Å². The van der Waals surface area contributed by atoms with Gasteiger partial charge in [-0.2, -0.15) is 0 Å². The summed E-state index contributed by atoms with van der Waals surface area (Å²) in [4.78, 5) is 11.9. The first kappa shape index (κ1) is 14.6. The maximum atomic E-state index is 11.9. The standard InChI is InChI=1S/C13H13Cl2NO2/c1-3-10(6-8(2)14)16-13(18)11-7-9(15)4-5-12(11)17/h3-7,17H,1-2H3,(H,16,18)/b8-6+,10-3+. The number of phenols is 1. The number of halogens is 2. The molecule has 0 aliphatic rings. The quantitative estimate of drug-likeness (QED) is 0.830. The Balaban J connectivity index is 2.95. The molecule has 0 aromatic heterocycles. The largest absolute Gasteiger partial charge is 0.507 e. The van der Waals surface area contributed by atoms with Gasteiger partial charge in [-0.1, -0.05) is 29.3 Å². The van der Waals surface area contributed by atoms with Gasteiger partial charge in [-0.25, -0.2) is 0 Å². The van der Waals surface area contributed by atoms with E-state index in [9.17, 15) is 9.90 Å². The fraction of sp³-hybridized carbons (Fsp3) is 0.154. The van der Waals surface area contributed by atoms with E-state index in [1.54, 1.807) is 26.0 Å². The van der Waals surface area contributed by atoms with Crippen molar-refractivity contribution in [1.29, 1.82) is 0 Å². The summed E-state index contributed by atoms with van der Waals surface area (Å²) in [7, 11) is 0. The molecule has 3 nitrogen and oxygen atoms in total. The minimum Gasteiger partial charge on any atom is -0.507 e. The third-order valence-electron chi connectivity index (χ3n) is 2.13. The number of nitrogens with one attached hydrogen (secondary N) is 1. The molecule has 0 aliphatic carbocycles. The van der Waals surface area contributed by atoms with Crippen molar-refractivity contribution in [3.63, 3.8) is 0 Å². The van der Waals surface area contributed by atoms with Crippen LogP contribution in [0.1, 0.15) is 24.2 Å². The molecule has 18 heavy (non-hydrogen) atoms. The Labute approximate surface area is 116 Å². The predicted octanol–water partition coefficient (Wildman–Crippen LogP) is 3.82. The molecule has 0 unspecified atom stereocenters. The summed E-state index contributed by atoms with van der Waals surface area (Å²) < 4.78 is 0. The third kappa shape index (κ3) is 4.09. The molecular weight excluding hydrogens is 273 g/mol.